The largest absolute Gasteiger partial charge is 0.394 e. The normalized spacial score (nSPS) is 14.2. The van der Waals surface area contributed by atoms with Gasteiger partial charge in [-0.15, -0.1) is 11.3 Å². The molecule has 0 bridgehead atoms. The third-order valence-corrected chi connectivity index (χ3v) is 9.52. The molecule has 0 fully saturated rings. The molecule has 0 unspecified atom stereocenters. The van der Waals surface area contributed by atoms with Crippen molar-refractivity contribution >= 4 is 45.7 Å². The van der Waals surface area contributed by atoms with Crippen LogP contribution in [0.3, 0.4) is 0 Å². The molecular formula is C39H51N7O6S. The van der Waals surface area contributed by atoms with Gasteiger partial charge >= 0.3 is 0 Å². The number of thiazole rings is 1. The zero-order valence-corrected chi connectivity index (χ0v) is 31.1. The SMILES string of the molecule is CC(C)C[C@H](NC(=O)[C@H](Cc1cscn1)NC(=O)[C@H](Cc1cccc2ccccc12)NC(=O)c1cccnc1)[C@@H](O)CC(=O)N[C@H](CO)CCCCN. The third kappa shape index (κ3) is 13.0. The number of nitrogens with two attached hydrogens (primary N) is 1. The van der Waals surface area contributed by atoms with E-state index in [-0.39, 0.29) is 37.4 Å². The van der Waals surface area contributed by atoms with Crippen molar-refractivity contribution in [2.24, 2.45) is 11.7 Å². The van der Waals surface area contributed by atoms with Gasteiger partial charge in [-0.2, -0.15) is 0 Å². The molecule has 0 aliphatic rings. The average molecular weight is 746 g/mol. The molecule has 0 radical (unpaired) electrons. The first kappa shape index (κ1) is 41.0. The van der Waals surface area contributed by atoms with E-state index < -0.39 is 53.9 Å². The minimum Gasteiger partial charge on any atom is -0.394 e. The number of aromatic nitrogens is 2. The molecule has 0 aliphatic heterocycles. The maximum atomic E-state index is 14.2. The molecule has 14 heteroatoms. The van der Waals surface area contributed by atoms with Gasteiger partial charge in [0, 0.05) is 30.6 Å². The Morgan fingerprint density at radius 1 is 0.887 bits per heavy atom. The van der Waals surface area contributed by atoms with Gasteiger partial charge in [-0.25, -0.2) is 4.98 Å². The number of carbonyl (C=O) groups is 4. The lowest BCUT2D eigenvalue weighted by Gasteiger charge is -2.29. The molecule has 4 amide bonds. The Hall–Kier alpha value is -4.76. The van der Waals surface area contributed by atoms with Gasteiger partial charge in [0.15, 0.2) is 0 Å². The molecule has 284 valence electrons. The summed E-state index contributed by atoms with van der Waals surface area (Å²) in [5.41, 5.74) is 8.87. The fourth-order valence-electron chi connectivity index (χ4n) is 6.13. The number of rotatable bonds is 21. The molecule has 2 aromatic carbocycles. The molecule has 53 heavy (non-hydrogen) atoms. The number of nitrogens with zero attached hydrogens (tertiary/aromatic N) is 2. The number of benzene rings is 2. The van der Waals surface area contributed by atoms with Gasteiger partial charge in [0.05, 0.1) is 48.0 Å². The Morgan fingerprint density at radius 3 is 2.34 bits per heavy atom. The van der Waals surface area contributed by atoms with Crippen LogP contribution in [-0.4, -0.2) is 87.2 Å². The van der Waals surface area contributed by atoms with Crippen molar-refractivity contribution < 1.29 is 29.4 Å². The monoisotopic (exact) mass is 745 g/mol. The van der Waals surface area contributed by atoms with Crippen molar-refractivity contribution in [2.75, 3.05) is 13.2 Å². The van der Waals surface area contributed by atoms with E-state index in [1.165, 1.54) is 17.5 Å². The second-order valence-corrected chi connectivity index (χ2v) is 14.3. The van der Waals surface area contributed by atoms with E-state index in [1.54, 1.807) is 29.2 Å². The van der Waals surface area contributed by atoms with Gasteiger partial charge in [-0.05, 0) is 60.2 Å². The number of nitrogens with one attached hydrogen (secondary N) is 4. The van der Waals surface area contributed by atoms with E-state index in [9.17, 15) is 29.4 Å². The molecule has 2 heterocycles. The summed E-state index contributed by atoms with van der Waals surface area (Å²) in [4.78, 5) is 62.9. The minimum atomic E-state index is -1.25. The predicted octanol–water partition coefficient (Wildman–Crippen LogP) is 2.65. The highest BCUT2D eigenvalue weighted by molar-refractivity contribution is 7.07. The number of hydrogen-bond donors (Lipinski definition) is 7. The van der Waals surface area contributed by atoms with Crippen molar-refractivity contribution in [2.45, 2.75) is 89.1 Å². The fourth-order valence-corrected chi connectivity index (χ4v) is 6.71. The van der Waals surface area contributed by atoms with Crippen LogP contribution in [0.25, 0.3) is 10.8 Å². The molecule has 0 spiro atoms. The highest BCUT2D eigenvalue weighted by Crippen LogP contribution is 2.21. The Labute approximate surface area is 314 Å². The predicted molar refractivity (Wildman–Crippen MR) is 205 cm³/mol. The number of fused-ring (bicyclic) bond motifs is 1. The quantitative estimate of drug-likeness (QED) is 0.0625. The summed E-state index contributed by atoms with van der Waals surface area (Å²) in [7, 11) is 0. The van der Waals surface area contributed by atoms with Crippen LogP contribution < -0.4 is 27.0 Å². The first-order valence-electron chi connectivity index (χ1n) is 18.0. The Balaban J connectivity index is 1.55. The number of aliphatic hydroxyl groups excluding tert-OH is 2. The van der Waals surface area contributed by atoms with Crippen molar-refractivity contribution in [3.63, 3.8) is 0 Å². The third-order valence-electron chi connectivity index (χ3n) is 8.88. The molecule has 0 aliphatic carbocycles. The Kier molecular flexibility index (Phi) is 16.3. The molecule has 2 aromatic heterocycles. The molecular weight excluding hydrogens is 695 g/mol. The molecule has 0 saturated heterocycles. The Morgan fingerprint density at radius 2 is 1.64 bits per heavy atom. The summed E-state index contributed by atoms with van der Waals surface area (Å²) in [5, 5.41) is 36.0. The summed E-state index contributed by atoms with van der Waals surface area (Å²) in [5.74, 6) is -2.08. The first-order chi connectivity index (χ1) is 25.6. The number of aliphatic hydroxyl groups is 2. The van der Waals surface area contributed by atoms with Gasteiger partial charge < -0.3 is 37.2 Å². The number of hydrogen-bond acceptors (Lipinski definition) is 10. The van der Waals surface area contributed by atoms with Gasteiger partial charge in [0.25, 0.3) is 5.91 Å². The van der Waals surface area contributed by atoms with E-state index in [4.69, 9.17) is 5.73 Å². The van der Waals surface area contributed by atoms with Crippen LogP contribution in [0.1, 0.15) is 67.6 Å². The smallest absolute Gasteiger partial charge is 0.253 e. The standard InChI is InChI=1S/C39H51N7O6S/c1-25(2)17-32(35(48)20-36(49)43-29(22-47)13-5-6-15-40)44-39(52)34(19-30-23-53-24-42-30)46-38(51)33(45-37(50)28-12-8-16-41-21-28)18-27-11-7-10-26-9-3-4-14-31(26)27/h3-4,7-12,14,16,21,23-25,29,32-35,47-48H,5-6,13,15,17-20,22,40H2,1-2H3,(H,43,49)(H,44,52)(H,45,50)(H,46,51)/t29-,32-,33-,34-,35-/m0/s1. The van der Waals surface area contributed by atoms with Crippen molar-refractivity contribution in [1.82, 2.24) is 31.2 Å². The number of amides is 4. The van der Waals surface area contributed by atoms with E-state index in [2.05, 4.69) is 31.2 Å². The van der Waals surface area contributed by atoms with Crippen LogP contribution >= 0.6 is 11.3 Å². The zero-order valence-electron chi connectivity index (χ0n) is 30.2. The highest BCUT2D eigenvalue weighted by atomic mass is 32.1. The fraction of sp³-hybridized carbons (Fsp3) is 0.436. The van der Waals surface area contributed by atoms with Gasteiger partial charge in [-0.3, -0.25) is 24.2 Å². The van der Waals surface area contributed by atoms with E-state index in [1.807, 2.05) is 56.3 Å². The molecule has 4 aromatic rings. The lowest BCUT2D eigenvalue weighted by atomic mass is 9.96. The summed E-state index contributed by atoms with van der Waals surface area (Å²) >= 11 is 1.35. The number of pyridine rings is 1. The highest BCUT2D eigenvalue weighted by Gasteiger charge is 2.32. The van der Waals surface area contributed by atoms with Crippen molar-refractivity contribution in [1.29, 1.82) is 0 Å². The van der Waals surface area contributed by atoms with Gasteiger partial charge in [0.2, 0.25) is 17.7 Å². The molecule has 0 saturated carbocycles. The maximum Gasteiger partial charge on any atom is 0.253 e. The average Bonchev–Trinajstić information content (AvgIpc) is 3.67. The van der Waals surface area contributed by atoms with Crippen LogP contribution in [-0.2, 0) is 27.2 Å². The summed E-state index contributed by atoms with van der Waals surface area (Å²) in [6, 6.07) is 13.2. The molecule has 5 atom stereocenters. The minimum absolute atomic E-state index is 0.0406. The Bertz CT molecular complexity index is 1750. The van der Waals surface area contributed by atoms with Crippen LogP contribution in [0, 0.1) is 5.92 Å². The lowest BCUT2D eigenvalue weighted by Crippen LogP contribution is -2.57. The summed E-state index contributed by atoms with van der Waals surface area (Å²) in [6.45, 7) is 4.13. The van der Waals surface area contributed by atoms with Crippen LogP contribution in [0.5, 0.6) is 0 Å². The number of carbonyl (C=O) groups excluding carboxylic acids is 4. The van der Waals surface area contributed by atoms with Crippen molar-refractivity contribution in [3.8, 4) is 0 Å². The van der Waals surface area contributed by atoms with Crippen LogP contribution in [0.15, 0.2) is 77.9 Å². The molecule has 4 rings (SSSR count). The molecule has 8 N–H and O–H groups in total. The number of unbranched alkanes of at least 4 members (excludes halogenated alkanes) is 1. The van der Waals surface area contributed by atoms with Crippen LogP contribution in [0.2, 0.25) is 0 Å². The van der Waals surface area contributed by atoms with Gasteiger partial charge in [0.1, 0.15) is 12.1 Å². The topological polar surface area (TPSA) is 209 Å². The van der Waals surface area contributed by atoms with E-state index in [0.29, 0.717) is 25.1 Å². The van der Waals surface area contributed by atoms with Gasteiger partial charge in [-0.1, -0.05) is 62.7 Å². The van der Waals surface area contributed by atoms with Crippen molar-refractivity contribution in [3.05, 3.63) is 94.7 Å². The van der Waals surface area contributed by atoms with E-state index >= 15 is 0 Å². The summed E-state index contributed by atoms with van der Waals surface area (Å²) < 4.78 is 0. The van der Waals surface area contributed by atoms with Crippen LogP contribution in [0.4, 0.5) is 0 Å². The zero-order chi connectivity index (χ0) is 38.2. The van der Waals surface area contributed by atoms with E-state index in [0.717, 1.165) is 29.2 Å². The summed E-state index contributed by atoms with van der Waals surface area (Å²) in [6.07, 6.45) is 3.97. The lowest BCUT2D eigenvalue weighted by molar-refractivity contribution is -0.131. The maximum absolute atomic E-state index is 14.2. The molecule has 13 nitrogen and oxygen atoms in total. The second-order valence-electron chi connectivity index (χ2n) is 13.6. The second kappa shape index (κ2) is 21.1. The first-order valence-corrected chi connectivity index (χ1v) is 19.0.